The highest BCUT2D eigenvalue weighted by atomic mass is 16.5. The van der Waals surface area contributed by atoms with Crippen LogP contribution in [0.4, 0.5) is 5.69 Å². The average Bonchev–Trinajstić information content (AvgIpc) is 3.63. The number of nitrogens with zero attached hydrogens (tertiary/aromatic N) is 6. The summed E-state index contributed by atoms with van der Waals surface area (Å²) in [5.41, 5.74) is 3.51. The summed E-state index contributed by atoms with van der Waals surface area (Å²) in [6.07, 6.45) is 2.11. The standard InChI is InChI=1S/C28H33N7O3/c1-19-7-5-8-20-17-22(28(36)29-25(19)20)26(27-30-31-32-35(27)18-21-9-6-16-38-21)34-14-12-33(13-15-34)23-10-3-4-11-24(23)37-2/h3-5,7-8,10-11,17,21,26H,6,9,12-16,18H2,1-2H3,(H,29,36)/t21-,26+/m1/s1. The molecule has 6 rings (SSSR count). The number of piperazine rings is 1. The summed E-state index contributed by atoms with van der Waals surface area (Å²) in [7, 11) is 1.70. The van der Waals surface area contributed by atoms with E-state index in [1.165, 1.54) is 0 Å². The SMILES string of the molecule is COc1ccccc1N1CCN([C@@H](c2cc3cccc(C)c3[nH]c2=O)c2nnnn2C[C@H]2CCCO2)CC1. The molecule has 4 aromatic rings. The maximum absolute atomic E-state index is 13.6. The van der Waals surface area contributed by atoms with Crippen molar-refractivity contribution in [3.05, 3.63) is 75.8 Å². The molecule has 198 valence electrons. The summed E-state index contributed by atoms with van der Waals surface area (Å²) >= 11 is 0. The second-order valence-electron chi connectivity index (χ2n) is 10.0. The summed E-state index contributed by atoms with van der Waals surface area (Å²) in [6, 6.07) is 15.8. The van der Waals surface area contributed by atoms with Gasteiger partial charge in [0.25, 0.3) is 5.56 Å². The van der Waals surface area contributed by atoms with Gasteiger partial charge in [-0.2, -0.15) is 0 Å². The molecule has 2 aromatic carbocycles. The fourth-order valence-electron chi connectivity index (χ4n) is 5.73. The number of methoxy groups -OCH3 is 1. The highest BCUT2D eigenvalue weighted by Gasteiger charge is 2.34. The first kappa shape index (κ1) is 24.6. The molecular formula is C28H33N7O3. The van der Waals surface area contributed by atoms with Crippen molar-refractivity contribution in [2.24, 2.45) is 0 Å². The summed E-state index contributed by atoms with van der Waals surface area (Å²) in [4.78, 5) is 21.4. The quantitative estimate of drug-likeness (QED) is 0.401. The Morgan fingerprint density at radius 2 is 1.97 bits per heavy atom. The van der Waals surface area contributed by atoms with Crippen molar-refractivity contribution < 1.29 is 9.47 Å². The van der Waals surface area contributed by atoms with E-state index in [0.717, 1.165) is 73.5 Å². The maximum atomic E-state index is 13.6. The van der Waals surface area contributed by atoms with Crippen LogP contribution in [0.2, 0.25) is 0 Å². The van der Waals surface area contributed by atoms with Gasteiger partial charge in [-0.1, -0.05) is 30.3 Å². The van der Waals surface area contributed by atoms with E-state index in [1.807, 2.05) is 54.1 Å². The monoisotopic (exact) mass is 515 g/mol. The van der Waals surface area contributed by atoms with Crippen LogP contribution in [0.3, 0.4) is 0 Å². The Balaban J connectivity index is 1.36. The van der Waals surface area contributed by atoms with Gasteiger partial charge in [0, 0.05) is 38.3 Å². The van der Waals surface area contributed by atoms with E-state index in [2.05, 4.69) is 36.4 Å². The van der Waals surface area contributed by atoms with Crippen molar-refractivity contribution in [2.45, 2.75) is 38.5 Å². The largest absolute Gasteiger partial charge is 0.495 e. The molecule has 38 heavy (non-hydrogen) atoms. The predicted molar refractivity (Wildman–Crippen MR) is 145 cm³/mol. The van der Waals surface area contributed by atoms with E-state index in [-0.39, 0.29) is 17.7 Å². The van der Waals surface area contributed by atoms with Gasteiger partial charge in [0.1, 0.15) is 11.8 Å². The number of benzene rings is 2. The highest BCUT2D eigenvalue weighted by molar-refractivity contribution is 5.82. The van der Waals surface area contributed by atoms with Crippen LogP contribution in [0.1, 0.15) is 35.8 Å². The Morgan fingerprint density at radius 3 is 2.76 bits per heavy atom. The third kappa shape index (κ3) is 4.65. The Hall–Kier alpha value is -3.76. The number of ether oxygens (including phenoxy) is 2. The van der Waals surface area contributed by atoms with Gasteiger partial charge in [0.2, 0.25) is 0 Å². The number of aryl methyl sites for hydroxylation is 1. The van der Waals surface area contributed by atoms with Gasteiger partial charge in [-0.05, 0) is 59.3 Å². The van der Waals surface area contributed by atoms with Crippen molar-refractivity contribution in [2.75, 3.05) is 44.8 Å². The maximum Gasteiger partial charge on any atom is 0.253 e. The van der Waals surface area contributed by atoms with E-state index in [4.69, 9.17) is 9.47 Å². The third-order valence-electron chi connectivity index (χ3n) is 7.72. The van der Waals surface area contributed by atoms with Crippen LogP contribution in [-0.4, -0.2) is 76.1 Å². The van der Waals surface area contributed by atoms with E-state index >= 15 is 0 Å². The van der Waals surface area contributed by atoms with Gasteiger partial charge in [0.15, 0.2) is 5.82 Å². The number of aromatic amines is 1. The lowest BCUT2D eigenvalue weighted by atomic mass is 10.0. The first-order chi connectivity index (χ1) is 18.6. The molecule has 0 bridgehead atoms. The molecule has 0 unspecified atom stereocenters. The van der Waals surface area contributed by atoms with Gasteiger partial charge in [-0.25, -0.2) is 4.68 Å². The van der Waals surface area contributed by atoms with Crippen molar-refractivity contribution in [1.29, 1.82) is 0 Å². The zero-order valence-electron chi connectivity index (χ0n) is 21.8. The van der Waals surface area contributed by atoms with Gasteiger partial charge < -0.3 is 19.4 Å². The average molecular weight is 516 g/mol. The minimum Gasteiger partial charge on any atom is -0.495 e. The van der Waals surface area contributed by atoms with Gasteiger partial charge in [-0.15, -0.1) is 5.10 Å². The molecule has 2 fully saturated rings. The topological polar surface area (TPSA) is 101 Å². The molecule has 2 aliphatic rings. The first-order valence-corrected chi connectivity index (χ1v) is 13.2. The third-order valence-corrected chi connectivity index (χ3v) is 7.72. The zero-order chi connectivity index (χ0) is 26.1. The van der Waals surface area contributed by atoms with E-state index in [1.54, 1.807) is 7.11 Å². The smallest absolute Gasteiger partial charge is 0.253 e. The summed E-state index contributed by atoms with van der Waals surface area (Å²) in [5.74, 6) is 1.53. The zero-order valence-corrected chi connectivity index (χ0v) is 21.8. The predicted octanol–water partition coefficient (Wildman–Crippen LogP) is 2.92. The number of tetrazole rings is 1. The Bertz CT molecular complexity index is 1470. The molecule has 0 spiro atoms. The molecule has 2 aromatic heterocycles. The summed E-state index contributed by atoms with van der Waals surface area (Å²) in [5, 5.41) is 13.8. The lowest BCUT2D eigenvalue weighted by molar-refractivity contribution is 0.0906. The summed E-state index contributed by atoms with van der Waals surface area (Å²) < 4.78 is 13.3. The fraction of sp³-hybridized carbons (Fsp3) is 0.429. The van der Waals surface area contributed by atoms with Crippen LogP contribution in [0.15, 0.2) is 53.3 Å². The Labute approximate surface area is 221 Å². The first-order valence-electron chi connectivity index (χ1n) is 13.2. The van der Waals surface area contributed by atoms with Gasteiger partial charge >= 0.3 is 0 Å². The second-order valence-corrected chi connectivity index (χ2v) is 10.0. The Morgan fingerprint density at radius 1 is 1.13 bits per heavy atom. The number of rotatable bonds is 7. The molecule has 10 heteroatoms. The minimum absolute atomic E-state index is 0.0813. The molecule has 1 N–H and O–H groups in total. The van der Waals surface area contributed by atoms with E-state index in [0.29, 0.717) is 17.9 Å². The fourth-order valence-corrected chi connectivity index (χ4v) is 5.73. The second kappa shape index (κ2) is 10.5. The van der Waals surface area contributed by atoms with Gasteiger partial charge in [0.05, 0.1) is 31.0 Å². The van der Waals surface area contributed by atoms with Crippen LogP contribution in [0.5, 0.6) is 5.75 Å². The lowest BCUT2D eigenvalue weighted by Crippen LogP contribution is -2.49. The number of aromatic nitrogens is 5. The lowest BCUT2D eigenvalue weighted by Gasteiger charge is -2.40. The van der Waals surface area contributed by atoms with Crippen LogP contribution in [0, 0.1) is 6.92 Å². The van der Waals surface area contributed by atoms with Crippen LogP contribution >= 0.6 is 0 Å². The number of anilines is 1. The van der Waals surface area contributed by atoms with E-state index in [9.17, 15) is 4.79 Å². The number of H-pyrrole nitrogens is 1. The van der Waals surface area contributed by atoms with E-state index < -0.39 is 0 Å². The molecule has 4 heterocycles. The van der Waals surface area contributed by atoms with Crippen LogP contribution < -0.4 is 15.2 Å². The number of fused-ring (bicyclic) bond motifs is 1. The molecule has 0 saturated carbocycles. The van der Waals surface area contributed by atoms with Gasteiger partial charge in [-0.3, -0.25) is 9.69 Å². The number of pyridine rings is 1. The normalized spacial score (nSPS) is 19.2. The number of nitrogens with one attached hydrogen (secondary N) is 1. The number of hydrogen-bond acceptors (Lipinski definition) is 8. The minimum atomic E-state index is -0.389. The number of para-hydroxylation sites is 3. The van der Waals surface area contributed by atoms with Crippen molar-refractivity contribution in [3.63, 3.8) is 0 Å². The summed E-state index contributed by atoms with van der Waals surface area (Å²) in [6.45, 7) is 6.39. The van der Waals surface area contributed by atoms with Crippen molar-refractivity contribution in [1.82, 2.24) is 30.1 Å². The molecule has 10 nitrogen and oxygen atoms in total. The van der Waals surface area contributed by atoms with Crippen LogP contribution in [-0.2, 0) is 11.3 Å². The molecule has 0 aliphatic carbocycles. The van der Waals surface area contributed by atoms with Crippen molar-refractivity contribution in [3.8, 4) is 5.75 Å². The molecule has 2 aliphatic heterocycles. The molecule has 2 atom stereocenters. The number of hydrogen-bond donors (Lipinski definition) is 1. The highest BCUT2D eigenvalue weighted by Crippen LogP contribution is 2.32. The van der Waals surface area contributed by atoms with Crippen LogP contribution in [0.25, 0.3) is 10.9 Å². The Kier molecular flexibility index (Phi) is 6.82. The van der Waals surface area contributed by atoms with Crippen molar-refractivity contribution >= 4 is 16.6 Å². The molecule has 0 radical (unpaired) electrons. The molecular weight excluding hydrogens is 482 g/mol. The molecule has 2 saturated heterocycles. The molecule has 0 amide bonds.